The number of ether oxygens (including phenoxy) is 1. The third-order valence-electron chi connectivity index (χ3n) is 4.75. The lowest BCUT2D eigenvalue weighted by Gasteiger charge is -2.35. The van der Waals surface area contributed by atoms with Crippen LogP contribution in [-0.2, 0) is 20.7 Å². The highest BCUT2D eigenvalue weighted by Crippen LogP contribution is 2.30. The summed E-state index contributed by atoms with van der Waals surface area (Å²) in [7, 11) is 0. The predicted molar refractivity (Wildman–Crippen MR) is 103 cm³/mol. The van der Waals surface area contributed by atoms with Gasteiger partial charge in [0.1, 0.15) is 5.54 Å². The van der Waals surface area contributed by atoms with Gasteiger partial charge in [-0.15, -0.1) is 0 Å². The standard InChI is InChI=1S/C19H26INO3/c1-4-24-18(23)19(8-6-5-7-9-19)21-17(22)12-16-13(2)10-15(20)11-14(16)3/h10-11H,4-9,12H2,1-3H3,(H,21,22). The molecule has 0 bridgehead atoms. The molecule has 0 aromatic heterocycles. The molecular formula is C19H26INO3. The molecule has 1 saturated carbocycles. The van der Waals surface area contributed by atoms with E-state index in [-0.39, 0.29) is 11.9 Å². The van der Waals surface area contributed by atoms with E-state index in [0.29, 0.717) is 25.9 Å². The smallest absolute Gasteiger partial charge is 0.331 e. The molecule has 0 heterocycles. The fourth-order valence-electron chi connectivity index (χ4n) is 3.50. The van der Waals surface area contributed by atoms with Crippen molar-refractivity contribution < 1.29 is 14.3 Å². The third-order valence-corrected chi connectivity index (χ3v) is 5.37. The van der Waals surface area contributed by atoms with Gasteiger partial charge in [0.05, 0.1) is 13.0 Å². The monoisotopic (exact) mass is 443 g/mol. The van der Waals surface area contributed by atoms with Crippen molar-refractivity contribution in [3.8, 4) is 0 Å². The maximum Gasteiger partial charge on any atom is 0.331 e. The van der Waals surface area contributed by atoms with E-state index in [1.165, 1.54) is 3.57 Å². The Bertz CT molecular complexity index is 598. The maximum atomic E-state index is 12.7. The summed E-state index contributed by atoms with van der Waals surface area (Å²) in [4.78, 5) is 25.1. The molecule has 1 aromatic carbocycles. The highest BCUT2D eigenvalue weighted by Gasteiger charge is 2.42. The van der Waals surface area contributed by atoms with E-state index in [4.69, 9.17) is 4.74 Å². The van der Waals surface area contributed by atoms with Crippen LogP contribution in [0, 0.1) is 17.4 Å². The topological polar surface area (TPSA) is 55.4 Å². The van der Waals surface area contributed by atoms with Crippen molar-refractivity contribution in [3.05, 3.63) is 32.4 Å². The molecule has 2 rings (SSSR count). The van der Waals surface area contributed by atoms with Gasteiger partial charge in [0.2, 0.25) is 5.91 Å². The van der Waals surface area contributed by atoms with Crippen molar-refractivity contribution in [1.29, 1.82) is 0 Å². The molecule has 0 spiro atoms. The van der Waals surface area contributed by atoms with E-state index in [1.807, 2.05) is 13.8 Å². The van der Waals surface area contributed by atoms with Crippen LogP contribution in [0.4, 0.5) is 0 Å². The number of hydrogen-bond acceptors (Lipinski definition) is 3. The SMILES string of the molecule is CCOC(=O)C1(NC(=O)Cc2c(C)cc(I)cc2C)CCCCC1. The second kappa shape index (κ2) is 8.32. The quantitative estimate of drug-likeness (QED) is 0.556. The van der Waals surface area contributed by atoms with Crippen LogP contribution < -0.4 is 5.32 Å². The minimum absolute atomic E-state index is 0.0997. The first kappa shape index (κ1) is 19.2. The molecule has 1 aliphatic rings. The summed E-state index contributed by atoms with van der Waals surface area (Å²) in [6.45, 7) is 6.19. The number of nitrogens with one attached hydrogen (secondary N) is 1. The van der Waals surface area contributed by atoms with Crippen molar-refractivity contribution in [3.63, 3.8) is 0 Å². The Morgan fingerprint density at radius 3 is 2.29 bits per heavy atom. The van der Waals surface area contributed by atoms with Crippen molar-refractivity contribution in [2.24, 2.45) is 0 Å². The van der Waals surface area contributed by atoms with Gasteiger partial charge in [0, 0.05) is 3.57 Å². The molecule has 0 atom stereocenters. The number of carbonyl (C=O) groups excluding carboxylic acids is 2. The minimum atomic E-state index is -0.837. The summed E-state index contributed by atoms with van der Waals surface area (Å²) >= 11 is 2.28. The second-order valence-electron chi connectivity index (χ2n) is 6.61. The molecule has 1 N–H and O–H groups in total. The van der Waals surface area contributed by atoms with Gasteiger partial charge < -0.3 is 10.1 Å². The molecule has 132 valence electrons. The molecule has 1 amide bonds. The number of aryl methyl sites for hydroxylation is 2. The zero-order valence-corrected chi connectivity index (χ0v) is 16.9. The van der Waals surface area contributed by atoms with Gasteiger partial charge in [-0.1, -0.05) is 19.3 Å². The lowest BCUT2D eigenvalue weighted by molar-refractivity contribution is -0.155. The van der Waals surface area contributed by atoms with Crippen molar-refractivity contribution >= 4 is 34.5 Å². The highest BCUT2D eigenvalue weighted by atomic mass is 127. The van der Waals surface area contributed by atoms with Gasteiger partial charge in [-0.05, 0) is 85.0 Å². The van der Waals surface area contributed by atoms with Gasteiger partial charge in [0.15, 0.2) is 0 Å². The normalized spacial score (nSPS) is 16.5. The van der Waals surface area contributed by atoms with Crippen molar-refractivity contribution in [2.75, 3.05) is 6.61 Å². The summed E-state index contributed by atoms with van der Waals surface area (Å²) in [6, 6.07) is 4.16. The summed E-state index contributed by atoms with van der Waals surface area (Å²) in [6.07, 6.45) is 4.63. The van der Waals surface area contributed by atoms with Crippen LogP contribution in [-0.4, -0.2) is 24.0 Å². The molecule has 1 aliphatic carbocycles. The zero-order valence-electron chi connectivity index (χ0n) is 14.7. The molecule has 0 saturated heterocycles. The first-order valence-electron chi connectivity index (χ1n) is 8.62. The molecule has 1 aromatic rings. The van der Waals surface area contributed by atoms with Crippen LogP contribution in [0.1, 0.15) is 55.7 Å². The molecule has 5 heteroatoms. The van der Waals surface area contributed by atoms with Gasteiger partial charge in [0.25, 0.3) is 0 Å². The van der Waals surface area contributed by atoms with Crippen LogP contribution in [0.5, 0.6) is 0 Å². The Morgan fingerprint density at radius 1 is 1.17 bits per heavy atom. The number of rotatable bonds is 5. The highest BCUT2D eigenvalue weighted by molar-refractivity contribution is 14.1. The first-order valence-corrected chi connectivity index (χ1v) is 9.69. The van der Waals surface area contributed by atoms with E-state index < -0.39 is 5.54 Å². The van der Waals surface area contributed by atoms with Crippen LogP contribution in [0.2, 0.25) is 0 Å². The molecule has 0 unspecified atom stereocenters. The van der Waals surface area contributed by atoms with E-state index in [0.717, 1.165) is 36.0 Å². The molecule has 0 radical (unpaired) electrons. The first-order chi connectivity index (χ1) is 11.4. The summed E-state index contributed by atoms with van der Waals surface area (Å²) in [5.74, 6) is -0.383. The average molecular weight is 443 g/mol. The molecule has 24 heavy (non-hydrogen) atoms. The molecule has 4 nitrogen and oxygen atoms in total. The Balaban J connectivity index is 2.15. The van der Waals surface area contributed by atoms with Crippen molar-refractivity contribution in [2.45, 2.75) is 64.8 Å². The second-order valence-corrected chi connectivity index (χ2v) is 7.85. The van der Waals surface area contributed by atoms with Crippen LogP contribution >= 0.6 is 22.6 Å². The fourth-order valence-corrected chi connectivity index (χ4v) is 4.43. The van der Waals surface area contributed by atoms with Gasteiger partial charge >= 0.3 is 5.97 Å². The van der Waals surface area contributed by atoms with E-state index in [9.17, 15) is 9.59 Å². The maximum absolute atomic E-state index is 12.7. The Hall–Kier alpha value is -1.11. The van der Waals surface area contributed by atoms with Crippen LogP contribution in [0.25, 0.3) is 0 Å². The van der Waals surface area contributed by atoms with E-state index >= 15 is 0 Å². The van der Waals surface area contributed by atoms with Gasteiger partial charge in [-0.3, -0.25) is 4.79 Å². The Morgan fingerprint density at radius 2 is 1.75 bits per heavy atom. The average Bonchev–Trinajstić information content (AvgIpc) is 2.52. The van der Waals surface area contributed by atoms with Gasteiger partial charge in [-0.2, -0.15) is 0 Å². The number of hydrogen-bond donors (Lipinski definition) is 1. The summed E-state index contributed by atoms with van der Waals surface area (Å²) < 4.78 is 6.41. The third kappa shape index (κ3) is 4.49. The molecule has 1 fully saturated rings. The largest absolute Gasteiger partial charge is 0.464 e. The Labute approximate surface area is 157 Å². The Kier molecular flexibility index (Phi) is 6.66. The van der Waals surface area contributed by atoms with Crippen LogP contribution in [0.15, 0.2) is 12.1 Å². The predicted octanol–water partition coefficient (Wildman–Crippen LogP) is 3.83. The number of carbonyl (C=O) groups is 2. The van der Waals surface area contributed by atoms with E-state index in [2.05, 4.69) is 40.0 Å². The van der Waals surface area contributed by atoms with Gasteiger partial charge in [-0.25, -0.2) is 4.79 Å². The molecule has 0 aliphatic heterocycles. The summed E-state index contributed by atoms with van der Waals surface area (Å²) in [5.41, 5.74) is 2.44. The number of amides is 1. The minimum Gasteiger partial charge on any atom is -0.464 e. The lowest BCUT2D eigenvalue weighted by atomic mass is 9.81. The number of halogens is 1. The van der Waals surface area contributed by atoms with E-state index in [1.54, 1.807) is 6.92 Å². The fraction of sp³-hybridized carbons (Fsp3) is 0.579. The molecular weight excluding hydrogens is 417 g/mol. The lowest BCUT2D eigenvalue weighted by Crippen LogP contribution is -2.56. The van der Waals surface area contributed by atoms with Crippen LogP contribution in [0.3, 0.4) is 0 Å². The number of benzene rings is 1. The zero-order chi connectivity index (χ0) is 17.7. The summed E-state index contributed by atoms with van der Waals surface area (Å²) in [5, 5.41) is 3.02. The number of esters is 1. The van der Waals surface area contributed by atoms with Crippen molar-refractivity contribution in [1.82, 2.24) is 5.32 Å².